The van der Waals surface area contributed by atoms with E-state index in [0.717, 1.165) is 22.7 Å². The van der Waals surface area contributed by atoms with Crippen LogP contribution in [0.3, 0.4) is 0 Å². The third-order valence-electron chi connectivity index (χ3n) is 3.87. The normalized spacial score (nSPS) is 10.8. The van der Waals surface area contributed by atoms with Crippen molar-refractivity contribution in [1.29, 1.82) is 0 Å². The van der Waals surface area contributed by atoms with Gasteiger partial charge in [0.05, 0.1) is 7.11 Å². The summed E-state index contributed by atoms with van der Waals surface area (Å²) in [6.07, 6.45) is 0. The Morgan fingerprint density at radius 3 is 2.14 bits per heavy atom. The van der Waals surface area contributed by atoms with Crippen LogP contribution in [0.25, 0.3) is 0 Å². The molecule has 0 amide bonds. The number of nitrogens with one attached hydrogen (secondary N) is 2. The highest BCUT2D eigenvalue weighted by Crippen LogP contribution is 2.14. The molecule has 0 aliphatic heterocycles. The predicted molar refractivity (Wildman–Crippen MR) is 117 cm³/mol. The number of anilines is 1. The Morgan fingerprint density at radius 2 is 1.50 bits per heavy atom. The molecule has 0 heterocycles. The van der Waals surface area contributed by atoms with Gasteiger partial charge in [0.25, 0.3) is 0 Å². The van der Waals surface area contributed by atoms with Gasteiger partial charge in [0.15, 0.2) is 5.11 Å². The molecular formula is C22H21N3O2S. The molecule has 3 rings (SSSR count). The van der Waals surface area contributed by atoms with Gasteiger partial charge in [0.1, 0.15) is 23.8 Å². The lowest BCUT2D eigenvalue weighted by molar-refractivity contribution is 0.376. The minimum atomic E-state index is 0.289. The van der Waals surface area contributed by atoms with Crippen molar-refractivity contribution in [3.8, 4) is 11.5 Å². The van der Waals surface area contributed by atoms with Gasteiger partial charge < -0.3 is 14.8 Å². The Bertz CT molecular complexity index is 914. The lowest BCUT2D eigenvalue weighted by atomic mass is 10.1. The van der Waals surface area contributed by atoms with Crippen molar-refractivity contribution in [3.63, 3.8) is 0 Å². The maximum atomic E-state index is 5.86. The molecular weight excluding hydrogens is 370 g/mol. The van der Waals surface area contributed by atoms with Crippen molar-refractivity contribution >= 4 is 28.7 Å². The highest BCUT2D eigenvalue weighted by atomic mass is 32.1. The third-order valence-corrected chi connectivity index (χ3v) is 4.06. The fourth-order valence-corrected chi connectivity index (χ4v) is 2.59. The summed E-state index contributed by atoms with van der Waals surface area (Å²) in [6.45, 7) is 0.289. The number of nitrogens with zero attached hydrogens (tertiary/aromatic N) is 1. The number of hydrazone groups is 1. The molecule has 28 heavy (non-hydrogen) atoms. The molecule has 5 nitrogen and oxygen atoms in total. The van der Waals surface area contributed by atoms with Crippen LogP contribution >= 0.6 is 12.2 Å². The molecule has 0 bridgehead atoms. The summed E-state index contributed by atoms with van der Waals surface area (Å²) in [5, 5.41) is 7.95. The topological polar surface area (TPSA) is 54.9 Å². The molecule has 0 aliphatic rings. The minimum Gasteiger partial charge on any atom is -0.497 e. The van der Waals surface area contributed by atoms with E-state index in [9.17, 15) is 0 Å². The lowest BCUT2D eigenvalue weighted by Gasteiger charge is -2.12. The maximum Gasteiger partial charge on any atom is 0.191 e. The van der Waals surface area contributed by atoms with Gasteiger partial charge in [0.2, 0.25) is 0 Å². The van der Waals surface area contributed by atoms with Gasteiger partial charge in [-0.25, -0.2) is 0 Å². The molecule has 0 atom stereocenters. The second-order valence-electron chi connectivity index (χ2n) is 5.82. The van der Waals surface area contributed by atoms with Gasteiger partial charge in [-0.05, 0) is 60.7 Å². The zero-order valence-corrected chi connectivity index (χ0v) is 16.3. The summed E-state index contributed by atoms with van der Waals surface area (Å²) in [5.74, 6) is 1.55. The second kappa shape index (κ2) is 10.1. The van der Waals surface area contributed by atoms with E-state index in [2.05, 4.69) is 15.8 Å². The summed E-state index contributed by atoms with van der Waals surface area (Å²) in [4.78, 5) is 0. The Kier molecular flexibility index (Phi) is 6.98. The fraction of sp³-hybridized carbons (Fsp3) is 0.0909. The number of benzene rings is 3. The zero-order chi connectivity index (χ0) is 19.6. The Morgan fingerprint density at radius 1 is 0.857 bits per heavy atom. The SMILES string of the molecule is COc1ccc(C(COc2ccccc2)=NNC(=S)Nc2ccccc2)cc1. The highest BCUT2D eigenvalue weighted by Gasteiger charge is 2.07. The largest absolute Gasteiger partial charge is 0.497 e. The van der Waals surface area contributed by atoms with E-state index in [1.54, 1.807) is 7.11 Å². The van der Waals surface area contributed by atoms with E-state index in [4.69, 9.17) is 21.7 Å². The first-order valence-electron chi connectivity index (χ1n) is 8.75. The van der Waals surface area contributed by atoms with Crippen LogP contribution in [0.15, 0.2) is 90.0 Å². The molecule has 0 saturated heterocycles. The van der Waals surface area contributed by atoms with Crippen LogP contribution in [0.1, 0.15) is 5.56 Å². The predicted octanol–water partition coefficient (Wildman–Crippen LogP) is 4.46. The number of thiocarbonyl (C=S) groups is 1. The molecule has 3 aromatic carbocycles. The van der Waals surface area contributed by atoms with Crippen molar-refractivity contribution in [1.82, 2.24) is 5.43 Å². The number of ether oxygens (including phenoxy) is 2. The lowest BCUT2D eigenvalue weighted by Crippen LogP contribution is -2.27. The first kappa shape index (κ1) is 19.4. The van der Waals surface area contributed by atoms with Gasteiger partial charge in [-0.2, -0.15) is 5.10 Å². The molecule has 0 radical (unpaired) electrons. The number of hydrogen-bond donors (Lipinski definition) is 2. The number of hydrogen-bond acceptors (Lipinski definition) is 4. The molecule has 0 saturated carbocycles. The Balaban J connectivity index is 1.72. The summed E-state index contributed by atoms with van der Waals surface area (Å²) in [7, 11) is 1.64. The van der Waals surface area contributed by atoms with Crippen LogP contribution in [-0.4, -0.2) is 24.5 Å². The minimum absolute atomic E-state index is 0.289. The summed E-state index contributed by atoms with van der Waals surface area (Å²) < 4.78 is 11.1. The van der Waals surface area contributed by atoms with Crippen molar-refractivity contribution < 1.29 is 9.47 Å². The van der Waals surface area contributed by atoms with Crippen molar-refractivity contribution in [2.24, 2.45) is 5.10 Å². The molecule has 0 aliphatic carbocycles. The molecule has 0 aromatic heterocycles. The van der Waals surface area contributed by atoms with Crippen molar-refractivity contribution in [3.05, 3.63) is 90.5 Å². The van der Waals surface area contributed by atoms with Crippen LogP contribution in [0, 0.1) is 0 Å². The number of para-hydroxylation sites is 2. The first-order chi connectivity index (χ1) is 13.7. The van der Waals surface area contributed by atoms with Gasteiger partial charge in [-0.15, -0.1) is 0 Å². The number of methoxy groups -OCH3 is 1. The molecule has 0 spiro atoms. The molecule has 6 heteroatoms. The third kappa shape index (κ3) is 5.82. The van der Waals surface area contributed by atoms with Gasteiger partial charge in [-0.3, -0.25) is 5.43 Å². The molecule has 3 aromatic rings. The molecule has 2 N–H and O–H groups in total. The summed E-state index contributed by atoms with van der Waals surface area (Å²) >= 11 is 5.33. The van der Waals surface area contributed by atoms with Gasteiger partial charge >= 0.3 is 0 Å². The quantitative estimate of drug-likeness (QED) is 0.354. The second-order valence-corrected chi connectivity index (χ2v) is 6.23. The monoisotopic (exact) mass is 391 g/mol. The highest BCUT2D eigenvalue weighted by molar-refractivity contribution is 7.80. The standard InChI is InChI=1S/C22H21N3O2S/c1-26-19-14-12-17(13-15-19)21(16-27-20-10-6-3-7-11-20)24-25-22(28)23-18-8-4-2-5-9-18/h2-15H,16H2,1H3,(H2,23,25,28). The Hall–Kier alpha value is -3.38. The van der Waals surface area contributed by atoms with Gasteiger partial charge in [0, 0.05) is 11.3 Å². The summed E-state index contributed by atoms with van der Waals surface area (Å²) in [6, 6.07) is 26.9. The van der Waals surface area contributed by atoms with E-state index < -0.39 is 0 Å². The first-order valence-corrected chi connectivity index (χ1v) is 9.16. The van der Waals surface area contributed by atoms with E-state index >= 15 is 0 Å². The summed E-state index contributed by atoms with van der Waals surface area (Å²) in [5.41, 5.74) is 5.40. The smallest absolute Gasteiger partial charge is 0.191 e. The van der Waals surface area contributed by atoms with Crippen molar-refractivity contribution in [2.75, 3.05) is 19.0 Å². The average Bonchev–Trinajstić information content (AvgIpc) is 2.75. The zero-order valence-electron chi connectivity index (χ0n) is 15.5. The van der Waals surface area contributed by atoms with E-state index in [1.165, 1.54) is 0 Å². The molecule has 142 valence electrons. The van der Waals surface area contributed by atoms with Gasteiger partial charge in [-0.1, -0.05) is 36.4 Å². The van der Waals surface area contributed by atoms with Crippen LogP contribution in [0.5, 0.6) is 11.5 Å². The molecule has 0 unspecified atom stereocenters. The van der Waals surface area contributed by atoms with Crippen LogP contribution in [0.4, 0.5) is 5.69 Å². The average molecular weight is 391 g/mol. The van der Waals surface area contributed by atoms with E-state index in [1.807, 2.05) is 84.9 Å². The van der Waals surface area contributed by atoms with E-state index in [-0.39, 0.29) is 6.61 Å². The maximum absolute atomic E-state index is 5.86. The van der Waals surface area contributed by atoms with Crippen LogP contribution in [0.2, 0.25) is 0 Å². The number of rotatable bonds is 7. The van der Waals surface area contributed by atoms with Crippen LogP contribution < -0.4 is 20.2 Å². The molecule has 0 fully saturated rings. The fourth-order valence-electron chi connectivity index (χ4n) is 2.43. The van der Waals surface area contributed by atoms with E-state index in [0.29, 0.717) is 10.8 Å². The van der Waals surface area contributed by atoms with Crippen LogP contribution in [-0.2, 0) is 0 Å². The van der Waals surface area contributed by atoms with Crippen molar-refractivity contribution in [2.45, 2.75) is 0 Å². The Labute approximate surface area is 170 Å².